The van der Waals surface area contributed by atoms with Gasteiger partial charge in [-0.2, -0.15) is 0 Å². The third-order valence-corrected chi connectivity index (χ3v) is 3.41. The highest BCUT2D eigenvalue weighted by molar-refractivity contribution is 5.29. The van der Waals surface area contributed by atoms with Crippen LogP contribution in [0.4, 0.5) is 8.78 Å². The van der Waals surface area contributed by atoms with Crippen molar-refractivity contribution in [3.8, 4) is 0 Å². The second-order valence-corrected chi connectivity index (χ2v) is 5.09. The van der Waals surface area contributed by atoms with Crippen LogP contribution < -0.4 is 5.32 Å². The summed E-state index contributed by atoms with van der Waals surface area (Å²) >= 11 is 0. The molecule has 0 aromatic heterocycles. The van der Waals surface area contributed by atoms with Crippen molar-refractivity contribution in [1.82, 2.24) is 5.32 Å². The molecule has 3 heteroatoms. The lowest BCUT2D eigenvalue weighted by Crippen LogP contribution is -2.24. The largest absolute Gasteiger partial charge is 0.310 e. The Labute approximate surface area is 115 Å². The molecule has 1 rings (SSSR count). The summed E-state index contributed by atoms with van der Waals surface area (Å²) in [6, 6.07) is 2.65. The van der Waals surface area contributed by atoms with Gasteiger partial charge in [0.1, 0.15) is 11.6 Å². The first kappa shape index (κ1) is 16.1. The van der Waals surface area contributed by atoms with E-state index in [1.54, 1.807) is 6.92 Å². The maximum Gasteiger partial charge on any atom is 0.133 e. The molecule has 0 aliphatic carbocycles. The first-order valence-corrected chi connectivity index (χ1v) is 7.29. The van der Waals surface area contributed by atoms with E-state index in [4.69, 9.17) is 0 Å². The molecule has 1 aromatic rings. The van der Waals surface area contributed by atoms with E-state index in [9.17, 15) is 8.78 Å². The van der Waals surface area contributed by atoms with Crippen LogP contribution in [0.5, 0.6) is 0 Å². The number of hydrogen-bond donors (Lipinski definition) is 1. The lowest BCUT2D eigenvalue weighted by molar-refractivity contribution is 0.430. The molecule has 0 fully saturated rings. The van der Waals surface area contributed by atoms with Crippen LogP contribution in [0.25, 0.3) is 0 Å². The van der Waals surface area contributed by atoms with Gasteiger partial charge in [0.2, 0.25) is 0 Å². The van der Waals surface area contributed by atoms with Gasteiger partial charge in [-0.1, -0.05) is 39.2 Å². The second kappa shape index (κ2) is 8.26. The molecule has 0 saturated carbocycles. The summed E-state index contributed by atoms with van der Waals surface area (Å²) in [5.41, 5.74) is 0.722. The normalized spacial score (nSPS) is 12.7. The zero-order valence-electron chi connectivity index (χ0n) is 12.2. The predicted octanol–water partition coefficient (Wildman–Crippen LogP) is 4.89. The summed E-state index contributed by atoms with van der Waals surface area (Å²) < 4.78 is 28.1. The maximum atomic E-state index is 14.2. The molecule has 108 valence electrons. The van der Waals surface area contributed by atoms with E-state index in [0.29, 0.717) is 5.56 Å². The molecular formula is C16H25F2N. The summed E-state index contributed by atoms with van der Waals surface area (Å²) in [6.45, 7) is 6.65. The highest BCUT2D eigenvalue weighted by atomic mass is 19.1. The summed E-state index contributed by atoms with van der Waals surface area (Å²) in [7, 11) is 0. The Hall–Kier alpha value is -0.960. The topological polar surface area (TPSA) is 12.0 Å². The molecule has 0 aliphatic heterocycles. The fraction of sp³-hybridized carbons (Fsp3) is 0.625. The summed E-state index contributed by atoms with van der Waals surface area (Å²) in [5, 5.41) is 3.27. The van der Waals surface area contributed by atoms with E-state index in [1.165, 1.54) is 12.1 Å². The SMILES string of the molecule is CCCCCC(NCCC)c1c(F)ccc(C)c1F. The minimum atomic E-state index is -0.437. The highest BCUT2D eigenvalue weighted by Gasteiger charge is 2.20. The standard InChI is InChI=1S/C16H25F2N/c1-4-6-7-8-14(19-11-5-2)15-13(17)10-9-12(3)16(15)18/h9-10,14,19H,4-8,11H2,1-3H3. The number of unbranched alkanes of at least 4 members (excludes halogenated alkanes) is 2. The van der Waals surface area contributed by atoms with Crippen LogP contribution in [0.2, 0.25) is 0 Å². The van der Waals surface area contributed by atoms with Gasteiger partial charge in [-0.25, -0.2) is 8.78 Å². The van der Waals surface area contributed by atoms with Crippen molar-refractivity contribution in [2.75, 3.05) is 6.54 Å². The van der Waals surface area contributed by atoms with Gasteiger partial charge in [-0.15, -0.1) is 0 Å². The van der Waals surface area contributed by atoms with Crippen LogP contribution in [-0.4, -0.2) is 6.54 Å². The van der Waals surface area contributed by atoms with Gasteiger partial charge in [0.25, 0.3) is 0 Å². The molecule has 0 bridgehead atoms. The molecule has 0 saturated heterocycles. The number of rotatable bonds is 8. The van der Waals surface area contributed by atoms with Crippen molar-refractivity contribution in [2.24, 2.45) is 0 Å². The zero-order valence-corrected chi connectivity index (χ0v) is 12.2. The minimum Gasteiger partial charge on any atom is -0.310 e. The van der Waals surface area contributed by atoms with Crippen molar-refractivity contribution in [3.63, 3.8) is 0 Å². The molecule has 1 nitrogen and oxygen atoms in total. The van der Waals surface area contributed by atoms with Crippen LogP contribution in [-0.2, 0) is 0 Å². The van der Waals surface area contributed by atoms with Gasteiger partial charge in [0, 0.05) is 11.6 Å². The van der Waals surface area contributed by atoms with Gasteiger partial charge in [0.15, 0.2) is 0 Å². The van der Waals surface area contributed by atoms with Crippen molar-refractivity contribution in [1.29, 1.82) is 0 Å². The van der Waals surface area contributed by atoms with Crippen molar-refractivity contribution < 1.29 is 8.78 Å². The third kappa shape index (κ3) is 4.57. The highest BCUT2D eigenvalue weighted by Crippen LogP contribution is 2.27. The Balaban J connectivity index is 2.92. The molecule has 1 unspecified atom stereocenters. The predicted molar refractivity (Wildman–Crippen MR) is 76.3 cm³/mol. The molecular weight excluding hydrogens is 244 g/mol. The second-order valence-electron chi connectivity index (χ2n) is 5.09. The van der Waals surface area contributed by atoms with Gasteiger partial charge < -0.3 is 5.32 Å². The first-order valence-electron chi connectivity index (χ1n) is 7.29. The molecule has 0 spiro atoms. The van der Waals surface area contributed by atoms with Gasteiger partial charge in [0.05, 0.1) is 0 Å². The van der Waals surface area contributed by atoms with E-state index in [0.717, 1.165) is 38.6 Å². The van der Waals surface area contributed by atoms with Crippen LogP contribution in [0.3, 0.4) is 0 Å². The lowest BCUT2D eigenvalue weighted by Gasteiger charge is -2.21. The zero-order chi connectivity index (χ0) is 14.3. The van der Waals surface area contributed by atoms with Crippen LogP contribution in [0.1, 0.15) is 63.1 Å². The van der Waals surface area contributed by atoms with E-state index >= 15 is 0 Å². The molecule has 1 N–H and O–H groups in total. The summed E-state index contributed by atoms with van der Waals surface area (Å²) in [4.78, 5) is 0. The van der Waals surface area contributed by atoms with E-state index < -0.39 is 11.6 Å². The fourth-order valence-corrected chi connectivity index (χ4v) is 2.26. The Morgan fingerprint density at radius 3 is 2.47 bits per heavy atom. The Kier molecular flexibility index (Phi) is 7.00. The quantitative estimate of drug-likeness (QED) is 0.662. The van der Waals surface area contributed by atoms with Crippen molar-refractivity contribution in [3.05, 3.63) is 34.9 Å². The molecule has 0 amide bonds. The Morgan fingerprint density at radius 2 is 1.84 bits per heavy atom. The smallest absolute Gasteiger partial charge is 0.133 e. The van der Waals surface area contributed by atoms with Crippen molar-refractivity contribution in [2.45, 2.75) is 58.9 Å². The van der Waals surface area contributed by atoms with Crippen LogP contribution in [0.15, 0.2) is 12.1 Å². The summed E-state index contributed by atoms with van der Waals surface area (Å²) in [5.74, 6) is -0.835. The molecule has 1 atom stereocenters. The van der Waals surface area contributed by atoms with E-state index in [2.05, 4.69) is 19.2 Å². The number of nitrogens with one attached hydrogen (secondary N) is 1. The maximum absolute atomic E-state index is 14.2. The van der Waals surface area contributed by atoms with Gasteiger partial charge in [-0.05, 0) is 37.9 Å². The first-order chi connectivity index (χ1) is 9.11. The Morgan fingerprint density at radius 1 is 1.11 bits per heavy atom. The van der Waals surface area contributed by atoms with Crippen LogP contribution >= 0.6 is 0 Å². The average molecular weight is 269 g/mol. The molecule has 19 heavy (non-hydrogen) atoms. The van der Waals surface area contributed by atoms with Gasteiger partial charge >= 0.3 is 0 Å². The van der Waals surface area contributed by atoms with E-state index in [-0.39, 0.29) is 11.6 Å². The molecule has 0 radical (unpaired) electrons. The van der Waals surface area contributed by atoms with Crippen molar-refractivity contribution >= 4 is 0 Å². The Bertz CT molecular complexity index is 391. The fourth-order valence-electron chi connectivity index (χ4n) is 2.26. The molecule has 0 heterocycles. The molecule has 0 aliphatic rings. The number of aryl methyl sites for hydroxylation is 1. The monoisotopic (exact) mass is 269 g/mol. The number of benzene rings is 1. The average Bonchev–Trinajstić information content (AvgIpc) is 2.40. The third-order valence-electron chi connectivity index (χ3n) is 3.41. The van der Waals surface area contributed by atoms with Gasteiger partial charge in [-0.3, -0.25) is 0 Å². The van der Waals surface area contributed by atoms with Crippen LogP contribution in [0, 0.1) is 18.6 Å². The summed E-state index contributed by atoms with van der Waals surface area (Å²) in [6.07, 6.45) is 4.94. The minimum absolute atomic E-state index is 0.213. The number of halogens is 2. The van der Waals surface area contributed by atoms with E-state index in [1.807, 2.05) is 0 Å². The molecule has 1 aromatic carbocycles. The lowest BCUT2D eigenvalue weighted by atomic mass is 9.97. The number of hydrogen-bond acceptors (Lipinski definition) is 1.